The molecule has 25 heavy (non-hydrogen) atoms. The molecule has 0 radical (unpaired) electrons. The minimum absolute atomic E-state index is 0.0435. The highest BCUT2D eigenvalue weighted by Crippen LogP contribution is 2.19. The molecule has 9 nitrogen and oxygen atoms in total. The van der Waals surface area contributed by atoms with Crippen molar-refractivity contribution in [3.8, 4) is 0 Å². The van der Waals surface area contributed by atoms with E-state index >= 15 is 0 Å². The van der Waals surface area contributed by atoms with E-state index in [-0.39, 0.29) is 16.3 Å². The molecule has 0 aliphatic rings. The summed E-state index contributed by atoms with van der Waals surface area (Å²) in [5.41, 5.74) is 1.30. The summed E-state index contributed by atoms with van der Waals surface area (Å²) in [5, 5.41) is 6.01. The second kappa shape index (κ2) is 7.45. The maximum absolute atomic E-state index is 11.9. The van der Waals surface area contributed by atoms with Crippen LogP contribution in [-0.4, -0.2) is 39.1 Å². The molecule has 0 saturated carbocycles. The van der Waals surface area contributed by atoms with Crippen molar-refractivity contribution >= 4 is 27.6 Å². The van der Waals surface area contributed by atoms with Gasteiger partial charge >= 0.3 is 5.97 Å². The Morgan fingerprint density at radius 3 is 2.56 bits per heavy atom. The number of hydrogen-bond donors (Lipinski definition) is 2. The Bertz CT molecular complexity index is 904. The number of anilines is 1. The summed E-state index contributed by atoms with van der Waals surface area (Å²) < 4.78 is 35.6. The molecule has 0 spiro atoms. The normalized spacial score (nSPS) is 11.2. The quantitative estimate of drug-likeness (QED) is 0.729. The van der Waals surface area contributed by atoms with E-state index in [1.165, 1.54) is 19.2 Å². The third-order valence-electron chi connectivity index (χ3n) is 3.19. The highest BCUT2D eigenvalue weighted by Gasteiger charge is 2.17. The second-order valence-electron chi connectivity index (χ2n) is 5.14. The van der Waals surface area contributed by atoms with Crippen LogP contribution in [0.1, 0.15) is 21.8 Å². The molecule has 134 valence electrons. The molecule has 10 heteroatoms. The maximum atomic E-state index is 11.9. The maximum Gasteiger partial charge on any atom is 0.377 e. The summed E-state index contributed by atoms with van der Waals surface area (Å²) >= 11 is 0. The Kier molecular flexibility index (Phi) is 5.55. The van der Waals surface area contributed by atoms with Gasteiger partial charge in [0.05, 0.1) is 10.6 Å². The predicted molar refractivity (Wildman–Crippen MR) is 87.6 cm³/mol. The first kappa shape index (κ1) is 18.6. The molecule has 0 saturated heterocycles. The van der Waals surface area contributed by atoms with Gasteiger partial charge in [0.1, 0.15) is 0 Å². The monoisotopic (exact) mass is 367 g/mol. The van der Waals surface area contributed by atoms with Crippen LogP contribution in [0, 0.1) is 13.8 Å². The van der Waals surface area contributed by atoms with Gasteiger partial charge in [-0.15, -0.1) is 0 Å². The van der Waals surface area contributed by atoms with Crippen molar-refractivity contribution in [1.29, 1.82) is 0 Å². The van der Waals surface area contributed by atoms with Crippen LogP contribution in [0.2, 0.25) is 0 Å². The molecule has 2 aromatic rings. The molecule has 0 bridgehead atoms. The predicted octanol–water partition coefficient (Wildman–Crippen LogP) is 0.995. The number of esters is 1. The fraction of sp³-hybridized carbons (Fsp3) is 0.267. The van der Waals surface area contributed by atoms with Crippen LogP contribution in [0.25, 0.3) is 0 Å². The molecule has 1 aromatic heterocycles. The van der Waals surface area contributed by atoms with Gasteiger partial charge in [-0.3, -0.25) is 4.79 Å². The van der Waals surface area contributed by atoms with Gasteiger partial charge in [-0.1, -0.05) is 11.2 Å². The number of aromatic nitrogens is 1. The Labute approximate surface area is 144 Å². The summed E-state index contributed by atoms with van der Waals surface area (Å²) in [6.07, 6.45) is 0. The number of ether oxygens (including phenoxy) is 1. The van der Waals surface area contributed by atoms with Gasteiger partial charge in [0.15, 0.2) is 6.61 Å². The number of nitrogens with zero attached hydrogens (tertiary/aromatic N) is 1. The van der Waals surface area contributed by atoms with Gasteiger partial charge in [0, 0.05) is 11.8 Å². The van der Waals surface area contributed by atoms with Crippen LogP contribution in [-0.2, 0) is 19.6 Å². The van der Waals surface area contributed by atoms with Crippen LogP contribution in [0.3, 0.4) is 0 Å². The molecule has 1 amide bonds. The number of hydrogen-bond acceptors (Lipinski definition) is 7. The Hall–Kier alpha value is -2.72. The number of amides is 1. The summed E-state index contributed by atoms with van der Waals surface area (Å²) in [6.45, 7) is 2.72. The van der Waals surface area contributed by atoms with Crippen molar-refractivity contribution in [3.05, 3.63) is 41.3 Å². The van der Waals surface area contributed by atoms with Crippen molar-refractivity contribution < 1.29 is 27.3 Å². The van der Waals surface area contributed by atoms with Gasteiger partial charge in [0.2, 0.25) is 15.8 Å². The topological polar surface area (TPSA) is 128 Å². The highest BCUT2D eigenvalue weighted by molar-refractivity contribution is 7.89. The average molecular weight is 367 g/mol. The molecule has 1 aromatic carbocycles. The van der Waals surface area contributed by atoms with E-state index in [1.54, 1.807) is 26.0 Å². The lowest BCUT2D eigenvalue weighted by Gasteiger charge is -2.10. The van der Waals surface area contributed by atoms with Crippen molar-refractivity contribution in [1.82, 2.24) is 9.88 Å². The molecule has 0 fully saturated rings. The summed E-state index contributed by atoms with van der Waals surface area (Å²) in [4.78, 5) is 23.6. The van der Waals surface area contributed by atoms with Gasteiger partial charge in [-0.25, -0.2) is 17.9 Å². The largest absolute Gasteiger partial charge is 0.450 e. The lowest BCUT2D eigenvalue weighted by atomic mass is 10.2. The van der Waals surface area contributed by atoms with E-state index in [9.17, 15) is 18.0 Å². The third-order valence-corrected chi connectivity index (χ3v) is 4.75. The van der Waals surface area contributed by atoms with Gasteiger partial charge in [-0.2, -0.15) is 0 Å². The lowest BCUT2D eigenvalue weighted by Crippen LogP contribution is -2.22. The van der Waals surface area contributed by atoms with E-state index in [1.807, 2.05) is 0 Å². The third kappa shape index (κ3) is 4.64. The smallest absolute Gasteiger partial charge is 0.377 e. The molecule has 1 heterocycles. The fourth-order valence-electron chi connectivity index (χ4n) is 1.94. The first-order valence-corrected chi connectivity index (χ1v) is 8.66. The second-order valence-corrected chi connectivity index (χ2v) is 7.00. The van der Waals surface area contributed by atoms with Gasteiger partial charge in [0.25, 0.3) is 5.91 Å². The Balaban J connectivity index is 2.01. The zero-order valence-corrected chi connectivity index (χ0v) is 14.6. The van der Waals surface area contributed by atoms with E-state index in [2.05, 4.69) is 15.2 Å². The van der Waals surface area contributed by atoms with Crippen LogP contribution in [0.15, 0.2) is 33.7 Å². The van der Waals surface area contributed by atoms with Gasteiger partial charge < -0.3 is 14.6 Å². The fourth-order valence-corrected chi connectivity index (χ4v) is 2.93. The van der Waals surface area contributed by atoms with Crippen molar-refractivity contribution in [2.45, 2.75) is 18.7 Å². The zero-order valence-electron chi connectivity index (χ0n) is 13.8. The first-order chi connectivity index (χ1) is 11.7. The van der Waals surface area contributed by atoms with Crippen LogP contribution in [0.5, 0.6) is 0 Å². The Morgan fingerprint density at radius 1 is 1.24 bits per heavy atom. The van der Waals surface area contributed by atoms with Crippen molar-refractivity contribution in [2.24, 2.45) is 0 Å². The zero-order chi connectivity index (χ0) is 18.6. The van der Waals surface area contributed by atoms with E-state index in [0.29, 0.717) is 11.3 Å². The van der Waals surface area contributed by atoms with E-state index in [4.69, 9.17) is 9.26 Å². The molecular formula is C15H17N3O6S. The number of carbonyl (C=O) groups excluding carboxylic acids is 2. The molecule has 0 aliphatic heterocycles. The summed E-state index contributed by atoms with van der Waals surface area (Å²) in [7, 11) is -2.36. The minimum atomic E-state index is -3.65. The Morgan fingerprint density at radius 2 is 1.96 bits per heavy atom. The number of carbonyl (C=O) groups is 2. The number of sulfonamides is 1. The number of nitrogens with one attached hydrogen (secondary N) is 2. The van der Waals surface area contributed by atoms with E-state index < -0.39 is 28.5 Å². The van der Waals surface area contributed by atoms with E-state index in [0.717, 1.165) is 0 Å². The number of benzene rings is 1. The molecule has 2 N–H and O–H groups in total. The molecule has 0 atom stereocenters. The SMILES string of the molecule is CNS(=O)(=O)c1cc(NC(=O)COC(=O)c2cc(C)no2)ccc1C. The van der Waals surface area contributed by atoms with Crippen molar-refractivity contribution in [2.75, 3.05) is 19.0 Å². The molecule has 0 aliphatic carbocycles. The standard InChI is InChI=1S/C15H17N3O6S/c1-9-4-5-11(7-13(9)25(21,22)16-3)17-14(19)8-23-15(20)12-6-10(2)18-24-12/h4-7,16H,8H2,1-3H3,(H,17,19). The van der Waals surface area contributed by atoms with Crippen LogP contribution in [0.4, 0.5) is 5.69 Å². The van der Waals surface area contributed by atoms with Crippen LogP contribution >= 0.6 is 0 Å². The first-order valence-electron chi connectivity index (χ1n) is 7.17. The molecular weight excluding hydrogens is 350 g/mol. The highest BCUT2D eigenvalue weighted by atomic mass is 32.2. The summed E-state index contributed by atoms with van der Waals surface area (Å²) in [5.74, 6) is -1.55. The van der Waals surface area contributed by atoms with Crippen molar-refractivity contribution in [3.63, 3.8) is 0 Å². The lowest BCUT2D eigenvalue weighted by molar-refractivity contribution is -0.119. The number of aryl methyl sites for hydroxylation is 2. The minimum Gasteiger partial charge on any atom is -0.450 e. The summed E-state index contributed by atoms with van der Waals surface area (Å²) in [6, 6.07) is 5.81. The van der Waals surface area contributed by atoms with Gasteiger partial charge in [-0.05, 0) is 38.6 Å². The molecule has 2 rings (SSSR count). The van der Waals surface area contributed by atoms with Crippen LogP contribution < -0.4 is 10.0 Å². The molecule has 0 unspecified atom stereocenters. The average Bonchev–Trinajstić information content (AvgIpc) is 3.01. The number of rotatable bonds is 6.